The Balaban J connectivity index is -0.0000000528. The molecule has 0 aromatic rings. The van der Waals surface area contributed by atoms with Crippen molar-refractivity contribution in [2.45, 2.75) is 186 Å². The second-order valence-electron chi connectivity index (χ2n) is 8.07. The van der Waals surface area contributed by atoms with Crippen LogP contribution in [0, 0.1) is 0 Å². The van der Waals surface area contributed by atoms with Crippen LogP contribution in [0.2, 0.25) is 0 Å². The number of aldehydes is 1. The normalized spacial score (nSPS) is 12.0. The summed E-state index contributed by atoms with van der Waals surface area (Å²) in [5.74, 6) is -0.245. The second-order valence-corrected chi connectivity index (χ2v) is 8.07. The minimum Gasteiger partial charge on any atom is -0.469 e. The molecule has 0 spiro atoms. The van der Waals surface area contributed by atoms with Gasteiger partial charge in [0.1, 0.15) is 6.29 Å². The van der Waals surface area contributed by atoms with E-state index in [9.17, 15) is 9.59 Å². The molecule has 1 rings (SSSR count). The molecule has 1 aliphatic heterocycles. The van der Waals surface area contributed by atoms with E-state index < -0.39 is 0 Å². The Hall–Kier alpha value is -0.980. The Kier molecular flexibility index (Phi) is 113. The third kappa shape index (κ3) is 90.6. The molecule has 1 heterocycles. The van der Waals surface area contributed by atoms with Gasteiger partial charge in [0.25, 0.3) is 0 Å². The number of hydrogen-bond acceptors (Lipinski definition) is 6. The summed E-state index contributed by atoms with van der Waals surface area (Å²) in [6.45, 7) is 29.2. The molecule has 6 heteroatoms. The Morgan fingerprint density at radius 1 is 0.750 bits per heavy atom. The van der Waals surface area contributed by atoms with Gasteiger partial charge >= 0.3 is 5.97 Å². The number of aliphatic hydroxyl groups is 1. The highest BCUT2D eigenvalue weighted by Crippen LogP contribution is 2.14. The van der Waals surface area contributed by atoms with E-state index in [4.69, 9.17) is 9.94 Å². The number of hydrogen-bond donors (Lipinski definition) is 1. The van der Waals surface area contributed by atoms with E-state index in [1.165, 1.54) is 84.7 Å². The fraction of sp³-hybridized carbons (Fsp3) is 0.941. The van der Waals surface area contributed by atoms with E-state index in [0.29, 0.717) is 0 Å². The van der Waals surface area contributed by atoms with Gasteiger partial charge in [0, 0.05) is 20.1 Å². The Morgan fingerprint density at radius 2 is 1.02 bits per heavy atom. The first-order valence-corrected chi connectivity index (χ1v) is 16.7. The summed E-state index contributed by atoms with van der Waals surface area (Å²) in [6, 6.07) is 0.00926. The molecular formula is C34H81NO5. The average molecular weight is 584 g/mol. The lowest BCUT2D eigenvalue weighted by Gasteiger charge is -2.15. The maximum Gasteiger partial charge on any atom is 0.302 e. The summed E-state index contributed by atoms with van der Waals surface area (Å²) in [5.41, 5.74) is 0. The average Bonchev–Trinajstić information content (AvgIpc) is 3.46. The molecule has 6 nitrogen and oxygen atoms in total. The molecule has 0 saturated carbocycles. The number of aliphatic hydroxyl groups excluding tert-OH is 1. The van der Waals surface area contributed by atoms with Gasteiger partial charge in [0.2, 0.25) is 0 Å². The number of esters is 1. The molecule has 1 fully saturated rings. The zero-order valence-corrected chi connectivity index (χ0v) is 30.8. The number of nitrogens with zero attached hydrogens (tertiary/aromatic N) is 1. The first-order valence-electron chi connectivity index (χ1n) is 16.7. The fourth-order valence-electron chi connectivity index (χ4n) is 2.51. The molecule has 0 aliphatic carbocycles. The molecule has 1 aliphatic rings. The number of carbonyl (C=O) groups excluding carboxylic acids is 2. The van der Waals surface area contributed by atoms with Crippen LogP contribution in [0.15, 0.2) is 0 Å². The van der Waals surface area contributed by atoms with Gasteiger partial charge in [0.15, 0.2) is 0 Å². The number of methoxy groups -OCH3 is 1. The number of carbonyl (C=O) groups is 2. The number of unbranched alkanes of at least 4 members (excludes halogenated alkanes) is 8. The van der Waals surface area contributed by atoms with Crippen LogP contribution in [0.1, 0.15) is 180 Å². The highest BCUT2D eigenvalue weighted by atomic mass is 16.7. The molecule has 1 N–H and O–H groups in total. The van der Waals surface area contributed by atoms with Crippen molar-refractivity contribution in [3.8, 4) is 0 Å². The maximum atomic E-state index is 10.3. The Morgan fingerprint density at radius 3 is 1.20 bits per heavy atom. The highest BCUT2D eigenvalue weighted by Gasteiger charge is 2.23. The monoisotopic (exact) mass is 584 g/mol. The van der Waals surface area contributed by atoms with E-state index in [-0.39, 0.29) is 18.6 Å². The van der Waals surface area contributed by atoms with Crippen LogP contribution in [0.3, 0.4) is 0 Å². The van der Waals surface area contributed by atoms with Gasteiger partial charge in [-0.25, -0.2) is 0 Å². The van der Waals surface area contributed by atoms with E-state index in [2.05, 4.69) is 46.3 Å². The van der Waals surface area contributed by atoms with E-state index in [0.717, 1.165) is 25.7 Å². The van der Waals surface area contributed by atoms with Gasteiger partial charge in [-0.05, 0) is 19.8 Å². The summed E-state index contributed by atoms with van der Waals surface area (Å²) in [4.78, 5) is 24.8. The van der Waals surface area contributed by atoms with Crippen LogP contribution >= 0.6 is 0 Å². The molecular weight excluding hydrogens is 502 g/mol. The first kappa shape index (κ1) is 58.6. The summed E-state index contributed by atoms with van der Waals surface area (Å²) in [7, 11) is 2.95. The molecule has 0 bridgehead atoms. The van der Waals surface area contributed by atoms with Gasteiger partial charge in [-0.3, -0.25) is 4.79 Å². The molecule has 0 aromatic heterocycles. The molecule has 40 heavy (non-hydrogen) atoms. The van der Waals surface area contributed by atoms with Crippen molar-refractivity contribution in [2.24, 2.45) is 0 Å². The van der Waals surface area contributed by atoms with Gasteiger partial charge in [-0.15, -0.1) is 0 Å². The van der Waals surface area contributed by atoms with Crippen molar-refractivity contribution < 1.29 is 24.3 Å². The third-order valence-electron chi connectivity index (χ3n) is 4.13. The zero-order valence-electron chi connectivity index (χ0n) is 30.8. The van der Waals surface area contributed by atoms with E-state index in [1.807, 2.05) is 41.5 Å². The Labute approximate surface area is 255 Å². The van der Waals surface area contributed by atoms with E-state index in [1.54, 1.807) is 19.1 Å². The van der Waals surface area contributed by atoms with Crippen molar-refractivity contribution in [3.63, 3.8) is 0 Å². The highest BCUT2D eigenvalue weighted by molar-refractivity contribution is 5.65. The molecule has 1 saturated heterocycles. The lowest BCUT2D eigenvalue weighted by molar-refractivity contribution is -0.150. The fourth-order valence-corrected chi connectivity index (χ4v) is 2.51. The zero-order chi connectivity index (χ0) is 33.5. The predicted octanol–water partition coefficient (Wildman–Crippen LogP) is 10.8. The smallest absolute Gasteiger partial charge is 0.302 e. The van der Waals surface area contributed by atoms with Crippen molar-refractivity contribution in [3.05, 3.63) is 0 Å². The van der Waals surface area contributed by atoms with Crippen LogP contribution in [0.25, 0.3) is 0 Å². The topological polar surface area (TPSA) is 76.1 Å². The van der Waals surface area contributed by atoms with Crippen molar-refractivity contribution in [1.82, 2.24) is 5.06 Å². The summed E-state index contributed by atoms with van der Waals surface area (Å²) >= 11 is 0. The molecule has 0 amide bonds. The summed E-state index contributed by atoms with van der Waals surface area (Å²) in [6.07, 6.45) is 18.4. The molecule has 0 radical (unpaired) electrons. The van der Waals surface area contributed by atoms with Crippen LogP contribution < -0.4 is 0 Å². The number of rotatable bonds is 10. The van der Waals surface area contributed by atoms with Crippen LogP contribution in [-0.4, -0.2) is 55.8 Å². The third-order valence-corrected chi connectivity index (χ3v) is 4.13. The van der Waals surface area contributed by atoms with Crippen LogP contribution in [-0.2, 0) is 19.2 Å². The van der Waals surface area contributed by atoms with E-state index >= 15 is 0 Å². The molecule has 0 aromatic carbocycles. The minimum atomic E-state index is -0.245. The quantitative estimate of drug-likeness (QED) is 0.157. The molecule has 1 atom stereocenters. The van der Waals surface area contributed by atoms with Crippen LogP contribution in [0.5, 0.6) is 0 Å². The van der Waals surface area contributed by atoms with Crippen LogP contribution in [0.4, 0.5) is 0 Å². The SMILES string of the molecule is CC.CC.CC.CCC.CCC.CCCCCCCCCCC.CCO.COC(C)=O.CON1CCC[C@H]1C=O. The summed E-state index contributed by atoms with van der Waals surface area (Å²) < 4.78 is 4.11. The first-order chi connectivity index (χ1) is 19.3. The summed E-state index contributed by atoms with van der Waals surface area (Å²) in [5, 5.41) is 9.28. The molecule has 0 unspecified atom stereocenters. The number of hydroxylamine groups is 2. The largest absolute Gasteiger partial charge is 0.469 e. The molecule has 252 valence electrons. The minimum absolute atomic E-state index is 0.00926. The standard InChI is InChI=1S/C11H24.C6H11NO2.C3H6O2.2C3H8.C2H6O.3C2H6/c1-3-5-7-9-11-10-8-6-4-2;1-9-7-4-2-3-6(7)5-8;1-3(4)5-2;2*1-3-2;1-2-3;3*1-2/h3-11H2,1-2H3;5-6H,2-4H2,1H3;1-2H3;2*3H2,1-2H3;3H,2H2,1H3;3*1-2H3/t;6-;;;;;;;/m.0......./s1. The van der Waals surface area contributed by atoms with Gasteiger partial charge < -0.3 is 19.5 Å². The van der Waals surface area contributed by atoms with Gasteiger partial charge in [-0.1, -0.05) is 154 Å². The predicted molar refractivity (Wildman–Crippen MR) is 182 cm³/mol. The van der Waals surface area contributed by atoms with Crippen molar-refractivity contribution >= 4 is 12.3 Å². The maximum absolute atomic E-state index is 10.3. The lowest BCUT2D eigenvalue weighted by atomic mass is 10.1. The number of ether oxygens (including phenoxy) is 1. The van der Waals surface area contributed by atoms with Gasteiger partial charge in [-0.2, -0.15) is 5.06 Å². The van der Waals surface area contributed by atoms with Gasteiger partial charge in [0.05, 0.1) is 20.3 Å². The van der Waals surface area contributed by atoms with Crippen molar-refractivity contribution in [2.75, 3.05) is 27.4 Å². The Bertz CT molecular complexity index is 330. The second kappa shape index (κ2) is 77.0. The van der Waals surface area contributed by atoms with Crippen molar-refractivity contribution in [1.29, 1.82) is 0 Å². The lowest BCUT2D eigenvalue weighted by Crippen LogP contribution is -2.29.